The van der Waals surface area contributed by atoms with Crippen LogP contribution in [-0.2, 0) is 6.54 Å². The maximum atomic E-state index is 6.03. The van der Waals surface area contributed by atoms with Crippen LogP contribution in [0.2, 0.25) is 0 Å². The lowest BCUT2D eigenvalue weighted by molar-refractivity contribution is 0.0975. The summed E-state index contributed by atoms with van der Waals surface area (Å²) in [5.74, 6) is 1.45. The third kappa shape index (κ3) is 3.69. The van der Waals surface area contributed by atoms with E-state index in [1.165, 1.54) is 44.1 Å². The van der Waals surface area contributed by atoms with Gasteiger partial charge in [0.05, 0.1) is 0 Å². The highest BCUT2D eigenvalue weighted by atomic mass is 16.5. The monoisotopic (exact) mass is 260 g/mol. The predicted molar refractivity (Wildman–Crippen MR) is 76.1 cm³/mol. The van der Waals surface area contributed by atoms with Gasteiger partial charge in [-0.3, -0.25) is 0 Å². The lowest BCUT2D eigenvalue weighted by atomic mass is 9.88. The number of pyridine rings is 1. The molecule has 0 aromatic carbocycles. The molecule has 1 N–H and O–H groups in total. The minimum Gasteiger partial charge on any atom is -0.474 e. The summed E-state index contributed by atoms with van der Waals surface area (Å²) in [5, 5.41) is 3.50. The lowest BCUT2D eigenvalue weighted by Gasteiger charge is -2.28. The van der Waals surface area contributed by atoms with E-state index >= 15 is 0 Å². The third-order valence-electron chi connectivity index (χ3n) is 4.27. The first-order valence-corrected chi connectivity index (χ1v) is 7.66. The van der Waals surface area contributed by atoms with Gasteiger partial charge in [-0.1, -0.05) is 19.4 Å². The second kappa shape index (κ2) is 5.91. The molecule has 2 saturated carbocycles. The van der Waals surface area contributed by atoms with Crippen LogP contribution in [0.4, 0.5) is 0 Å². The third-order valence-corrected chi connectivity index (χ3v) is 4.27. The molecule has 1 aromatic rings. The Labute approximate surface area is 115 Å². The van der Waals surface area contributed by atoms with Crippen LogP contribution in [0.25, 0.3) is 0 Å². The van der Waals surface area contributed by atoms with Crippen LogP contribution in [-0.4, -0.2) is 17.1 Å². The van der Waals surface area contributed by atoms with Crippen molar-refractivity contribution in [1.29, 1.82) is 0 Å². The maximum Gasteiger partial charge on any atom is 0.213 e. The van der Waals surface area contributed by atoms with E-state index < -0.39 is 0 Å². The van der Waals surface area contributed by atoms with E-state index in [0.29, 0.717) is 12.0 Å². The van der Waals surface area contributed by atoms with E-state index in [-0.39, 0.29) is 0 Å². The van der Waals surface area contributed by atoms with E-state index in [0.717, 1.165) is 18.5 Å². The first-order chi connectivity index (χ1) is 9.31. The Balaban J connectivity index is 1.52. The molecule has 0 radical (unpaired) electrons. The molecule has 2 fully saturated rings. The number of nitrogens with one attached hydrogen (secondary N) is 1. The standard InChI is InChI=1S/C16H24N2O/c1-12-4-2-3-5-15(12)19-16-9-6-13(11-18-16)10-17-14-7-8-14/h6,9,11-12,14-15,17H,2-5,7-8,10H2,1H3. The Bertz CT molecular complexity index is 400. The van der Waals surface area contributed by atoms with Crippen LogP contribution in [0.3, 0.4) is 0 Å². The molecule has 0 aliphatic heterocycles. The summed E-state index contributed by atoms with van der Waals surface area (Å²) in [7, 11) is 0. The van der Waals surface area contributed by atoms with Crippen molar-refractivity contribution in [2.75, 3.05) is 0 Å². The van der Waals surface area contributed by atoms with Crippen LogP contribution in [0, 0.1) is 5.92 Å². The zero-order valence-electron chi connectivity index (χ0n) is 11.8. The van der Waals surface area contributed by atoms with Crippen molar-refractivity contribution in [2.45, 2.75) is 64.1 Å². The summed E-state index contributed by atoms with van der Waals surface area (Å²) in [5.41, 5.74) is 1.25. The Morgan fingerprint density at radius 3 is 2.74 bits per heavy atom. The summed E-state index contributed by atoms with van der Waals surface area (Å²) in [6, 6.07) is 4.90. The van der Waals surface area contributed by atoms with E-state index in [9.17, 15) is 0 Å². The van der Waals surface area contributed by atoms with Crippen LogP contribution in [0.15, 0.2) is 18.3 Å². The zero-order chi connectivity index (χ0) is 13.1. The molecule has 0 amide bonds. The summed E-state index contributed by atoms with van der Waals surface area (Å²) in [6.07, 6.45) is 10.1. The molecule has 19 heavy (non-hydrogen) atoms. The Morgan fingerprint density at radius 1 is 1.21 bits per heavy atom. The van der Waals surface area contributed by atoms with Crippen LogP contribution >= 0.6 is 0 Å². The van der Waals surface area contributed by atoms with Gasteiger partial charge in [0.15, 0.2) is 0 Å². The van der Waals surface area contributed by atoms with Gasteiger partial charge in [0.25, 0.3) is 0 Å². The molecule has 0 bridgehead atoms. The lowest BCUT2D eigenvalue weighted by Crippen LogP contribution is -2.28. The molecule has 2 atom stereocenters. The molecule has 0 spiro atoms. The zero-order valence-corrected chi connectivity index (χ0v) is 11.8. The Morgan fingerprint density at radius 2 is 2.05 bits per heavy atom. The summed E-state index contributed by atoms with van der Waals surface area (Å²) in [4.78, 5) is 4.44. The minimum absolute atomic E-state index is 0.358. The van der Waals surface area contributed by atoms with Gasteiger partial charge in [-0.05, 0) is 43.6 Å². The molecule has 1 heterocycles. The first kappa shape index (κ1) is 12.9. The molecule has 1 aromatic heterocycles. The number of rotatable bonds is 5. The second-order valence-electron chi connectivity index (χ2n) is 6.08. The molecule has 2 unspecified atom stereocenters. The van der Waals surface area contributed by atoms with Crippen LogP contribution in [0.5, 0.6) is 5.88 Å². The highest BCUT2D eigenvalue weighted by molar-refractivity contribution is 5.18. The average molecular weight is 260 g/mol. The molecule has 104 valence electrons. The van der Waals surface area contributed by atoms with Gasteiger partial charge in [-0.25, -0.2) is 4.98 Å². The normalized spacial score (nSPS) is 27.2. The highest BCUT2D eigenvalue weighted by Crippen LogP contribution is 2.27. The molecular formula is C16H24N2O. The largest absolute Gasteiger partial charge is 0.474 e. The topological polar surface area (TPSA) is 34.1 Å². The smallest absolute Gasteiger partial charge is 0.213 e. The van der Waals surface area contributed by atoms with Gasteiger partial charge in [-0.2, -0.15) is 0 Å². The molecular weight excluding hydrogens is 236 g/mol. The van der Waals surface area contributed by atoms with E-state index in [1.54, 1.807) is 0 Å². The fourth-order valence-electron chi connectivity index (χ4n) is 2.75. The van der Waals surface area contributed by atoms with E-state index in [4.69, 9.17) is 4.74 Å². The quantitative estimate of drug-likeness (QED) is 0.882. The van der Waals surface area contributed by atoms with Gasteiger partial charge >= 0.3 is 0 Å². The molecule has 3 nitrogen and oxygen atoms in total. The number of aromatic nitrogens is 1. The van der Waals surface area contributed by atoms with Crippen molar-refractivity contribution in [1.82, 2.24) is 10.3 Å². The number of hydrogen-bond acceptors (Lipinski definition) is 3. The van der Waals surface area contributed by atoms with Crippen molar-refractivity contribution < 1.29 is 4.74 Å². The summed E-state index contributed by atoms with van der Waals surface area (Å²) >= 11 is 0. The molecule has 2 aliphatic carbocycles. The maximum absolute atomic E-state index is 6.03. The van der Waals surface area contributed by atoms with E-state index in [1.807, 2.05) is 12.3 Å². The van der Waals surface area contributed by atoms with Crippen molar-refractivity contribution in [2.24, 2.45) is 5.92 Å². The highest BCUT2D eigenvalue weighted by Gasteiger charge is 2.23. The van der Waals surface area contributed by atoms with Gasteiger partial charge in [0.1, 0.15) is 6.10 Å². The molecule has 2 aliphatic rings. The number of nitrogens with zero attached hydrogens (tertiary/aromatic N) is 1. The average Bonchev–Trinajstić information content (AvgIpc) is 3.25. The fourth-order valence-corrected chi connectivity index (χ4v) is 2.75. The number of ether oxygens (including phenoxy) is 1. The van der Waals surface area contributed by atoms with Crippen molar-refractivity contribution in [3.8, 4) is 5.88 Å². The van der Waals surface area contributed by atoms with Gasteiger partial charge in [-0.15, -0.1) is 0 Å². The van der Waals surface area contributed by atoms with Crippen molar-refractivity contribution >= 4 is 0 Å². The predicted octanol–water partition coefficient (Wildman–Crippen LogP) is 3.29. The minimum atomic E-state index is 0.358. The molecule has 0 saturated heterocycles. The SMILES string of the molecule is CC1CCCCC1Oc1ccc(CNC2CC2)cn1. The summed E-state index contributed by atoms with van der Waals surface area (Å²) in [6.45, 7) is 3.22. The van der Waals surface area contributed by atoms with Crippen LogP contribution in [0.1, 0.15) is 51.0 Å². The first-order valence-electron chi connectivity index (χ1n) is 7.66. The Hall–Kier alpha value is -1.09. The second-order valence-corrected chi connectivity index (χ2v) is 6.08. The van der Waals surface area contributed by atoms with Gasteiger partial charge in [0.2, 0.25) is 5.88 Å². The van der Waals surface area contributed by atoms with Crippen molar-refractivity contribution in [3.63, 3.8) is 0 Å². The number of hydrogen-bond donors (Lipinski definition) is 1. The van der Waals surface area contributed by atoms with Crippen molar-refractivity contribution in [3.05, 3.63) is 23.9 Å². The molecule has 3 heteroatoms. The fraction of sp³-hybridized carbons (Fsp3) is 0.688. The van der Waals surface area contributed by atoms with Crippen LogP contribution < -0.4 is 10.1 Å². The van der Waals surface area contributed by atoms with Gasteiger partial charge < -0.3 is 10.1 Å². The van der Waals surface area contributed by atoms with Gasteiger partial charge in [0, 0.05) is 24.8 Å². The summed E-state index contributed by atoms with van der Waals surface area (Å²) < 4.78 is 6.03. The van der Waals surface area contributed by atoms with E-state index in [2.05, 4.69) is 23.3 Å². The molecule has 3 rings (SSSR count). The Kier molecular flexibility index (Phi) is 4.02.